The van der Waals surface area contributed by atoms with Gasteiger partial charge in [-0.15, -0.1) is 0 Å². The van der Waals surface area contributed by atoms with E-state index < -0.39 is 0 Å². The fourth-order valence-electron chi connectivity index (χ4n) is 2.09. The molecule has 1 heterocycles. The van der Waals surface area contributed by atoms with Crippen LogP contribution in [0.5, 0.6) is 0 Å². The molecule has 2 N–H and O–H groups in total. The van der Waals surface area contributed by atoms with Gasteiger partial charge >= 0.3 is 0 Å². The van der Waals surface area contributed by atoms with E-state index in [0.29, 0.717) is 17.2 Å². The van der Waals surface area contributed by atoms with Crippen molar-refractivity contribution in [3.8, 4) is 0 Å². The van der Waals surface area contributed by atoms with Crippen molar-refractivity contribution in [1.29, 1.82) is 0 Å². The largest absolute Gasteiger partial charge is 0.495 e. The molecule has 7 heteroatoms. The molecule has 0 unspecified atom stereocenters. The predicted molar refractivity (Wildman–Crippen MR) is 125 cm³/mol. The second-order valence-corrected chi connectivity index (χ2v) is 9.15. The second-order valence-electron chi connectivity index (χ2n) is 8.11. The zero-order chi connectivity index (χ0) is 22.8. The van der Waals surface area contributed by atoms with E-state index in [-0.39, 0.29) is 5.60 Å². The number of hydrogen-bond acceptors (Lipinski definition) is 7. The number of ether oxygens (including phenoxy) is 2. The predicted octanol–water partition coefficient (Wildman–Crippen LogP) is 4.49. The number of nitrogens with two attached hydrogens (primary N) is 1. The van der Waals surface area contributed by atoms with Crippen LogP contribution in [0, 0.1) is 0 Å². The lowest BCUT2D eigenvalue weighted by Crippen LogP contribution is -2.17. The third kappa shape index (κ3) is 10.1. The zero-order valence-electron chi connectivity index (χ0n) is 19.8. The van der Waals surface area contributed by atoms with Gasteiger partial charge in [0, 0.05) is 19.2 Å². The first kappa shape index (κ1) is 27.4. The van der Waals surface area contributed by atoms with Gasteiger partial charge in [0.15, 0.2) is 6.29 Å². The molecule has 0 spiro atoms. The molecule has 0 aromatic carbocycles. The van der Waals surface area contributed by atoms with Crippen LogP contribution in [-0.2, 0) is 14.3 Å². The van der Waals surface area contributed by atoms with Crippen LogP contribution < -0.4 is 5.73 Å². The number of allylic oxidation sites excluding steroid dienone is 5. The molecule has 1 aliphatic rings. The number of methoxy groups -OCH3 is 1. The van der Waals surface area contributed by atoms with Gasteiger partial charge in [0.05, 0.1) is 21.9 Å². The molecule has 0 aliphatic carbocycles. The van der Waals surface area contributed by atoms with Crippen molar-refractivity contribution < 1.29 is 14.3 Å². The molecule has 29 heavy (non-hydrogen) atoms. The van der Waals surface area contributed by atoms with Gasteiger partial charge < -0.3 is 20.1 Å². The molecule has 0 saturated carbocycles. The lowest BCUT2D eigenvalue weighted by Gasteiger charge is -2.14. The zero-order valence-corrected chi connectivity index (χ0v) is 20.6. The molecule has 0 bridgehead atoms. The van der Waals surface area contributed by atoms with E-state index in [4.69, 9.17) is 20.2 Å². The van der Waals surface area contributed by atoms with Crippen LogP contribution in [0.25, 0.3) is 0 Å². The smallest absolute Gasteiger partial charge is 0.158 e. The van der Waals surface area contributed by atoms with E-state index in [9.17, 15) is 4.79 Å². The Morgan fingerprint density at radius 3 is 2.17 bits per heavy atom. The number of nitrogens with zero attached hydrogens (tertiary/aromatic N) is 2. The van der Waals surface area contributed by atoms with Crippen molar-refractivity contribution in [2.75, 3.05) is 34.4 Å². The van der Waals surface area contributed by atoms with Crippen LogP contribution in [0.4, 0.5) is 0 Å². The van der Waals surface area contributed by atoms with Gasteiger partial charge in [0.2, 0.25) is 0 Å². The maximum atomic E-state index is 11.1. The van der Waals surface area contributed by atoms with Gasteiger partial charge in [-0.25, -0.2) is 4.99 Å². The minimum atomic E-state index is 0.0417. The number of thioether (sulfide) groups is 1. The quantitative estimate of drug-likeness (QED) is 0.478. The molecule has 166 valence electrons. The van der Waals surface area contributed by atoms with Gasteiger partial charge in [-0.05, 0) is 62.1 Å². The number of aliphatic imine (C=N–C) groups is 1. The second kappa shape index (κ2) is 12.9. The normalized spacial score (nSPS) is 16.7. The van der Waals surface area contributed by atoms with Crippen molar-refractivity contribution in [3.63, 3.8) is 0 Å². The molecule has 0 aromatic heterocycles. The Hall–Kier alpha value is -1.57. The number of hydrogen-bond donors (Lipinski definition) is 1. The summed E-state index contributed by atoms with van der Waals surface area (Å²) < 4.78 is 10.7. The molecule has 0 radical (unpaired) electrons. The van der Waals surface area contributed by atoms with E-state index in [1.54, 1.807) is 7.11 Å². The molecule has 0 atom stereocenters. The van der Waals surface area contributed by atoms with Crippen LogP contribution in [0.1, 0.15) is 54.9 Å². The van der Waals surface area contributed by atoms with Crippen LogP contribution >= 0.6 is 11.8 Å². The molecule has 0 saturated heterocycles. The SMILES string of the molecule is CC/C(N=C1SC(C=O)=C(N)C1=C(C)C)=C(/C)OCCN(C)C.COC(C)(C)C. The first-order valence-corrected chi connectivity index (χ1v) is 10.6. The number of rotatable bonds is 7. The average molecular weight is 426 g/mol. The summed E-state index contributed by atoms with van der Waals surface area (Å²) in [5.41, 5.74) is 9.42. The van der Waals surface area contributed by atoms with Gasteiger partial charge in [0.25, 0.3) is 0 Å². The highest BCUT2D eigenvalue weighted by molar-refractivity contribution is 8.18. The van der Waals surface area contributed by atoms with E-state index in [1.807, 2.05) is 62.6 Å². The molecule has 0 amide bonds. The average Bonchev–Trinajstić information content (AvgIpc) is 2.94. The monoisotopic (exact) mass is 425 g/mol. The van der Waals surface area contributed by atoms with Gasteiger partial charge in [-0.3, -0.25) is 4.79 Å². The molecule has 1 aliphatic heterocycles. The Balaban J connectivity index is 0.00000113. The van der Waals surface area contributed by atoms with Crippen molar-refractivity contribution in [2.45, 2.75) is 60.5 Å². The standard InChI is InChI=1S/C17H27N3O2S.C5H12O/c1-7-13(12(4)22-9-8-20(5)6)19-17-15(11(2)3)16(18)14(10-21)23-17;1-5(2,3)6-4/h10H,7-9,18H2,1-6H3;1-4H3/b13-12+,19-17?;. The summed E-state index contributed by atoms with van der Waals surface area (Å²) in [5, 5.41) is 0.775. The topological polar surface area (TPSA) is 77.2 Å². The van der Waals surface area contributed by atoms with Crippen molar-refractivity contribution >= 4 is 23.1 Å². The summed E-state index contributed by atoms with van der Waals surface area (Å²) >= 11 is 1.33. The van der Waals surface area contributed by atoms with Crippen LogP contribution in [0.2, 0.25) is 0 Å². The van der Waals surface area contributed by atoms with Crippen LogP contribution in [0.15, 0.2) is 38.2 Å². The summed E-state index contributed by atoms with van der Waals surface area (Å²) in [6, 6.07) is 0. The molecule has 0 fully saturated rings. The molecule has 0 aromatic rings. The Kier molecular flexibility index (Phi) is 12.2. The minimum Gasteiger partial charge on any atom is -0.495 e. The number of likely N-dealkylation sites (N-methyl/N-ethyl adjacent to an activating group) is 1. The number of carbonyl (C=O) groups is 1. The van der Waals surface area contributed by atoms with E-state index in [1.165, 1.54) is 11.8 Å². The third-order valence-corrected chi connectivity index (χ3v) is 5.03. The Labute approximate surface area is 181 Å². The fourth-order valence-corrected chi connectivity index (χ4v) is 3.13. The van der Waals surface area contributed by atoms with Crippen molar-refractivity contribution in [3.05, 3.63) is 33.2 Å². The highest BCUT2D eigenvalue weighted by Crippen LogP contribution is 2.37. The summed E-state index contributed by atoms with van der Waals surface area (Å²) in [6.45, 7) is 15.4. The summed E-state index contributed by atoms with van der Waals surface area (Å²) in [6.07, 6.45) is 1.55. The molecule has 6 nitrogen and oxygen atoms in total. The van der Waals surface area contributed by atoms with E-state index in [0.717, 1.165) is 46.9 Å². The third-order valence-electron chi connectivity index (χ3n) is 4.01. The van der Waals surface area contributed by atoms with E-state index in [2.05, 4.69) is 4.90 Å². The summed E-state index contributed by atoms with van der Waals surface area (Å²) in [7, 11) is 5.73. The van der Waals surface area contributed by atoms with Gasteiger partial charge in [-0.1, -0.05) is 24.3 Å². The summed E-state index contributed by atoms with van der Waals surface area (Å²) in [4.78, 5) is 18.5. The molecule has 1 rings (SSSR count). The minimum absolute atomic E-state index is 0.0417. The Morgan fingerprint density at radius 1 is 1.24 bits per heavy atom. The lowest BCUT2D eigenvalue weighted by molar-refractivity contribution is -0.104. The highest BCUT2D eigenvalue weighted by Gasteiger charge is 2.26. The fraction of sp³-hybridized carbons (Fsp3) is 0.636. The first-order chi connectivity index (χ1) is 13.4. The number of carbonyl (C=O) groups excluding carboxylic acids is 1. The van der Waals surface area contributed by atoms with Crippen molar-refractivity contribution in [2.24, 2.45) is 10.7 Å². The van der Waals surface area contributed by atoms with Gasteiger partial charge in [-0.2, -0.15) is 0 Å². The molecular weight excluding hydrogens is 386 g/mol. The van der Waals surface area contributed by atoms with Crippen LogP contribution in [-0.4, -0.2) is 56.2 Å². The Morgan fingerprint density at radius 2 is 1.79 bits per heavy atom. The van der Waals surface area contributed by atoms with Crippen LogP contribution in [0.3, 0.4) is 0 Å². The highest BCUT2D eigenvalue weighted by atomic mass is 32.2. The van der Waals surface area contributed by atoms with Crippen molar-refractivity contribution in [1.82, 2.24) is 4.90 Å². The first-order valence-electron chi connectivity index (χ1n) is 9.80. The Bertz CT molecular complexity index is 680. The maximum Gasteiger partial charge on any atom is 0.158 e. The molecular formula is C22H39N3O3S. The number of aldehydes is 1. The van der Waals surface area contributed by atoms with E-state index >= 15 is 0 Å². The maximum absolute atomic E-state index is 11.1. The lowest BCUT2D eigenvalue weighted by atomic mass is 10.1. The van der Waals surface area contributed by atoms with Gasteiger partial charge in [0.1, 0.15) is 17.4 Å². The summed E-state index contributed by atoms with van der Waals surface area (Å²) in [5.74, 6) is 0.814.